The van der Waals surface area contributed by atoms with Crippen molar-refractivity contribution in [3.63, 3.8) is 0 Å². The maximum Gasteiger partial charge on any atom is 0.261 e. The summed E-state index contributed by atoms with van der Waals surface area (Å²) in [4.78, 5) is 36.4. The molecule has 1 atom stereocenters. The summed E-state index contributed by atoms with van der Waals surface area (Å²) in [5, 5.41) is 2.99. The fourth-order valence-electron chi connectivity index (χ4n) is 2.68. The number of hydrogen-bond acceptors (Lipinski definition) is 4. The van der Waals surface area contributed by atoms with Crippen molar-refractivity contribution in [3.8, 4) is 0 Å². The first-order valence-corrected chi connectivity index (χ1v) is 7.32. The zero-order valence-corrected chi connectivity index (χ0v) is 12.2. The molecule has 1 unspecified atom stereocenters. The maximum atomic E-state index is 12.4. The van der Waals surface area contributed by atoms with E-state index >= 15 is 0 Å². The molecular formula is C16H20N2O3. The van der Waals surface area contributed by atoms with Gasteiger partial charge >= 0.3 is 0 Å². The third-order valence-corrected chi connectivity index (χ3v) is 3.78. The zero-order valence-electron chi connectivity index (χ0n) is 12.2. The van der Waals surface area contributed by atoms with Gasteiger partial charge in [-0.15, -0.1) is 0 Å². The van der Waals surface area contributed by atoms with Crippen LogP contribution in [0.4, 0.5) is 0 Å². The molecule has 0 aromatic heterocycles. The van der Waals surface area contributed by atoms with Crippen LogP contribution in [-0.2, 0) is 4.79 Å². The molecule has 2 amide bonds. The Bertz CT molecular complexity index is 507. The quantitative estimate of drug-likeness (QED) is 0.448. The number of amides is 2. The topological polar surface area (TPSA) is 66.5 Å². The van der Waals surface area contributed by atoms with Crippen LogP contribution in [0.1, 0.15) is 46.9 Å². The van der Waals surface area contributed by atoms with Crippen molar-refractivity contribution in [2.75, 3.05) is 13.1 Å². The molecule has 21 heavy (non-hydrogen) atoms. The van der Waals surface area contributed by atoms with Crippen molar-refractivity contribution < 1.29 is 14.4 Å². The van der Waals surface area contributed by atoms with Gasteiger partial charge in [0, 0.05) is 6.04 Å². The Morgan fingerprint density at radius 1 is 1.19 bits per heavy atom. The van der Waals surface area contributed by atoms with E-state index < -0.39 is 0 Å². The van der Waals surface area contributed by atoms with Crippen LogP contribution in [-0.4, -0.2) is 42.1 Å². The molecule has 2 rings (SSSR count). The lowest BCUT2D eigenvalue weighted by Crippen LogP contribution is -2.39. The second kappa shape index (κ2) is 7.13. The van der Waals surface area contributed by atoms with E-state index in [1.807, 2.05) is 6.92 Å². The van der Waals surface area contributed by atoms with Crippen LogP contribution in [0.25, 0.3) is 0 Å². The maximum absolute atomic E-state index is 12.4. The number of fused-ring (bicyclic) bond motifs is 1. The number of imide groups is 1. The first-order chi connectivity index (χ1) is 10.2. The molecular weight excluding hydrogens is 268 g/mol. The largest absolute Gasteiger partial charge is 0.310 e. The molecule has 0 saturated heterocycles. The summed E-state index contributed by atoms with van der Waals surface area (Å²) in [6.45, 7) is 3.02. The van der Waals surface area contributed by atoms with Crippen LogP contribution < -0.4 is 5.32 Å². The second-order valence-electron chi connectivity index (χ2n) is 5.10. The van der Waals surface area contributed by atoms with Gasteiger partial charge in [-0.05, 0) is 37.9 Å². The molecule has 0 bridgehead atoms. The van der Waals surface area contributed by atoms with Gasteiger partial charge in [0.05, 0.1) is 17.7 Å². The predicted octanol–water partition coefficient (Wildman–Crippen LogP) is 1.63. The summed E-state index contributed by atoms with van der Waals surface area (Å²) in [6.07, 6.45) is 3.12. The minimum absolute atomic E-state index is 0.0876. The number of carbonyl (C=O) groups excluding carboxylic acids is 3. The van der Waals surface area contributed by atoms with E-state index in [9.17, 15) is 14.4 Å². The molecule has 0 saturated carbocycles. The summed E-state index contributed by atoms with van der Waals surface area (Å²) in [7, 11) is 0. The highest BCUT2D eigenvalue weighted by Gasteiger charge is 2.38. The zero-order chi connectivity index (χ0) is 15.2. The Kier molecular flexibility index (Phi) is 5.22. The number of rotatable bonds is 8. The van der Waals surface area contributed by atoms with E-state index in [1.54, 1.807) is 24.3 Å². The summed E-state index contributed by atoms with van der Waals surface area (Å²) in [5.41, 5.74) is 1.00. The third kappa shape index (κ3) is 3.19. The fraction of sp³-hybridized carbons (Fsp3) is 0.438. The van der Waals surface area contributed by atoms with Gasteiger partial charge in [-0.3, -0.25) is 14.5 Å². The molecule has 1 aromatic rings. The van der Waals surface area contributed by atoms with Crippen LogP contribution in [0.3, 0.4) is 0 Å². The van der Waals surface area contributed by atoms with Gasteiger partial charge in [0.2, 0.25) is 0 Å². The number of carbonyl (C=O) groups is 3. The highest BCUT2D eigenvalue weighted by atomic mass is 16.2. The van der Waals surface area contributed by atoms with Crippen LogP contribution in [0.5, 0.6) is 0 Å². The number of hydrogen-bond donors (Lipinski definition) is 1. The average molecular weight is 288 g/mol. The van der Waals surface area contributed by atoms with Gasteiger partial charge in [0.15, 0.2) is 0 Å². The molecule has 5 heteroatoms. The standard InChI is InChI=1S/C16H20N2O3/c1-2-12(6-5-9-17-10-11-19)18-15(20)13-7-3-4-8-14(13)16(18)21/h3-4,7-8,11-12,17H,2,5-6,9-10H2,1H3. The number of nitrogens with one attached hydrogen (secondary N) is 1. The molecule has 0 fully saturated rings. The molecule has 0 radical (unpaired) electrons. The van der Waals surface area contributed by atoms with Crippen LogP contribution in [0, 0.1) is 0 Å². The first-order valence-electron chi connectivity index (χ1n) is 7.32. The Hall–Kier alpha value is -2.01. The molecule has 1 N–H and O–H groups in total. The van der Waals surface area contributed by atoms with E-state index in [0.717, 1.165) is 25.5 Å². The molecule has 1 heterocycles. The Morgan fingerprint density at radius 2 is 1.81 bits per heavy atom. The van der Waals surface area contributed by atoms with E-state index in [0.29, 0.717) is 24.2 Å². The van der Waals surface area contributed by atoms with Crippen LogP contribution in [0.15, 0.2) is 24.3 Å². The van der Waals surface area contributed by atoms with Gasteiger partial charge in [0.1, 0.15) is 6.29 Å². The monoisotopic (exact) mass is 288 g/mol. The highest BCUT2D eigenvalue weighted by Crippen LogP contribution is 2.26. The number of nitrogens with zero attached hydrogens (tertiary/aromatic N) is 1. The molecule has 1 aliphatic heterocycles. The van der Waals surface area contributed by atoms with E-state index in [1.165, 1.54) is 4.90 Å². The van der Waals surface area contributed by atoms with Crippen molar-refractivity contribution >= 4 is 18.1 Å². The van der Waals surface area contributed by atoms with Crippen molar-refractivity contribution in [1.82, 2.24) is 10.2 Å². The lowest BCUT2D eigenvalue weighted by atomic mass is 10.1. The van der Waals surface area contributed by atoms with Crippen molar-refractivity contribution in [2.45, 2.75) is 32.2 Å². The summed E-state index contributed by atoms with van der Waals surface area (Å²) >= 11 is 0. The van der Waals surface area contributed by atoms with Gasteiger partial charge in [-0.1, -0.05) is 19.1 Å². The first kappa shape index (κ1) is 15.4. The molecule has 5 nitrogen and oxygen atoms in total. The second-order valence-corrected chi connectivity index (χ2v) is 5.10. The molecule has 1 aliphatic rings. The van der Waals surface area contributed by atoms with E-state index in [-0.39, 0.29) is 17.9 Å². The number of benzene rings is 1. The van der Waals surface area contributed by atoms with Gasteiger partial charge in [-0.25, -0.2) is 0 Å². The average Bonchev–Trinajstić information content (AvgIpc) is 2.76. The summed E-state index contributed by atoms with van der Waals surface area (Å²) in [5.74, 6) is -0.383. The SMILES string of the molecule is CCC(CCCNCC=O)N1C(=O)c2ccccc2C1=O. The van der Waals surface area contributed by atoms with Gasteiger partial charge < -0.3 is 10.1 Å². The van der Waals surface area contributed by atoms with Crippen LogP contribution in [0.2, 0.25) is 0 Å². The minimum Gasteiger partial charge on any atom is -0.310 e. The Morgan fingerprint density at radius 3 is 2.33 bits per heavy atom. The smallest absolute Gasteiger partial charge is 0.261 e. The minimum atomic E-state index is -0.191. The summed E-state index contributed by atoms with van der Waals surface area (Å²) < 4.78 is 0. The Balaban J connectivity index is 2.01. The van der Waals surface area contributed by atoms with E-state index in [2.05, 4.69) is 5.32 Å². The number of aldehydes is 1. The predicted molar refractivity (Wildman–Crippen MR) is 79.2 cm³/mol. The fourth-order valence-corrected chi connectivity index (χ4v) is 2.68. The third-order valence-electron chi connectivity index (χ3n) is 3.78. The van der Waals surface area contributed by atoms with Gasteiger partial charge in [-0.2, -0.15) is 0 Å². The lowest BCUT2D eigenvalue weighted by molar-refractivity contribution is -0.107. The molecule has 1 aromatic carbocycles. The molecule has 112 valence electrons. The Labute approximate surface area is 124 Å². The van der Waals surface area contributed by atoms with Gasteiger partial charge in [0.25, 0.3) is 11.8 Å². The highest BCUT2D eigenvalue weighted by molar-refractivity contribution is 6.21. The van der Waals surface area contributed by atoms with E-state index in [4.69, 9.17) is 0 Å². The lowest BCUT2D eigenvalue weighted by Gasteiger charge is -2.25. The molecule has 0 spiro atoms. The summed E-state index contributed by atoms with van der Waals surface area (Å²) in [6, 6.07) is 6.87. The molecule has 0 aliphatic carbocycles. The van der Waals surface area contributed by atoms with Crippen molar-refractivity contribution in [1.29, 1.82) is 0 Å². The van der Waals surface area contributed by atoms with Crippen LogP contribution >= 0.6 is 0 Å². The normalized spacial score (nSPS) is 15.2. The van der Waals surface area contributed by atoms with Crippen molar-refractivity contribution in [3.05, 3.63) is 35.4 Å². The van der Waals surface area contributed by atoms with Crippen molar-refractivity contribution in [2.24, 2.45) is 0 Å².